The number of aromatic nitrogens is 1. The molecular formula is C26H31N3O3S. The van der Waals surface area contributed by atoms with Crippen LogP contribution < -0.4 is 5.32 Å². The molecule has 0 fully saturated rings. The van der Waals surface area contributed by atoms with Gasteiger partial charge in [0.15, 0.2) is 9.84 Å². The first-order valence-corrected chi connectivity index (χ1v) is 12.9. The lowest BCUT2D eigenvalue weighted by Crippen LogP contribution is -2.24. The van der Waals surface area contributed by atoms with Crippen LogP contribution in [0, 0.1) is 0 Å². The molecule has 33 heavy (non-hydrogen) atoms. The molecule has 0 saturated heterocycles. The maximum Gasteiger partial charge on any atom is 0.228 e. The Morgan fingerprint density at radius 2 is 1.61 bits per heavy atom. The van der Waals surface area contributed by atoms with Gasteiger partial charge >= 0.3 is 0 Å². The van der Waals surface area contributed by atoms with E-state index in [0.717, 1.165) is 43.0 Å². The molecule has 0 aliphatic rings. The molecule has 3 aromatic rings. The van der Waals surface area contributed by atoms with E-state index in [2.05, 4.69) is 22.1 Å². The van der Waals surface area contributed by atoms with Crippen molar-refractivity contribution in [1.82, 2.24) is 9.88 Å². The van der Waals surface area contributed by atoms with Crippen molar-refractivity contribution >= 4 is 21.4 Å². The van der Waals surface area contributed by atoms with Crippen LogP contribution in [0.15, 0.2) is 77.8 Å². The number of rotatable bonds is 11. The lowest BCUT2D eigenvalue weighted by molar-refractivity contribution is -0.115. The van der Waals surface area contributed by atoms with Crippen LogP contribution >= 0.6 is 0 Å². The van der Waals surface area contributed by atoms with Crippen molar-refractivity contribution in [2.45, 2.75) is 44.7 Å². The third-order valence-electron chi connectivity index (χ3n) is 5.32. The predicted octanol–water partition coefficient (Wildman–Crippen LogP) is 4.47. The van der Waals surface area contributed by atoms with Crippen molar-refractivity contribution in [2.75, 3.05) is 17.6 Å². The summed E-state index contributed by atoms with van der Waals surface area (Å²) < 4.78 is 23.8. The summed E-state index contributed by atoms with van der Waals surface area (Å²) in [5.41, 5.74) is 3.73. The number of nitrogens with zero attached hydrogens (tertiary/aromatic N) is 2. The summed E-state index contributed by atoms with van der Waals surface area (Å²) in [7, 11) is -3.23. The van der Waals surface area contributed by atoms with E-state index in [1.165, 1.54) is 5.56 Å². The quantitative estimate of drug-likeness (QED) is 0.452. The lowest BCUT2D eigenvalue weighted by Gasteiger charge is -2.21. The average molecular weight is 466 g/mol. The van der Waals surface area contributed by atoms with Gasteiger partial charge in [-0.1, -0.05) is 44.2 Å². The van der Waals surface area contributed by atoms with Crippen LogP contribution in [0.25, 0.3) is 0 Å². The summed E-state index contributed by atoms with van der Waals surface area (Å²) in [4.78, 5) is 19.5. The van der Waals surface area contributed by atoms with Gasteiger partial charge in [-0.05, 0) is 60.5 Å². The summed E-state index contributed by atoms with van der Waals surface area (Å²) in [6.07, 6.45) is 3.06. The van der Waals surface area contributed by atoms with E-state index in [1.807, 2.05) is 48.7 Å². The highest BCUT2D eigenvalue weighted by molar-refractivity contribution is 7.91. The maximum absolute atomic E-state index is 12.4. The number of nitrogens with one attached hydrogen (secondary N) is 1. The zero-order chi connectivity index (χ0) is 23.7. The molecule has 0 saturated carbocycles. The van der Waals surface area contributed by atoms with Crippen LogP contribution in [0.1, 0.15) is 37.1 Å². The molecule has 6 nitrogen and oxygen atoms in total. The van der Waals surface area contributed by atoms with E-state index >= 15 is 0 Å². The maximum atomic E-state index is 12.4. The van der Waals surface area contributed by atoms with Crippen molar-refractivity contribution in [3.05, 3.63) is 89.7 Å². The number of carbonyl (C=O) groups excluding carboxylic acids is 1. The van der Waals surface area contributed by atoms with E-state index in [9.17, 15) is 13.2 Å². The third kappa shape index (κ3) is 7.51. The van der Waals surface area contributed by atoms with Gasteiger partial charge in [0.05, 0.1) is 22.8 Å². The number of pyridine rings is 1. The van der Waals surface area contributed by atoms with E-state index in [-0.39, 0.29) is 23.0 Å². The largest absolute Gasteiger partial charge is 0.326 e. The lowest BCUT2D eigenvalue weighted by atomic mass is 10.1. The van der Waals surface area contributed by atoms with Gasteiger partial charge in [-0.15, -0.1) is 0 Å². The molecular weight excluding hydrogens is 434 g/mol. The van der Waals surface area contributed by atoms with Gasteiger partial charge in [-0.3, -0.25) is 14.7 Å². The highest BCUT2D eigenvalue weighted by atomic mass is 32.2. The van der Waals surface area contributed by atoms with Gasteiger partial charge in [0.2, 0.25) is 5.91 Å². The summed E-state index contributed by atoms with van der Waals surface area (Å²) in [5, 5.41) is 2.91. The predicted molar refractivity (Wildman–Crippen MR) is 132 cm³/mol. The highest BCUT2D eigenvalue weighted by Crippen LogP contribution is 2.16. The fourth-order valence-electron chi connectivity index (χ4n) is 3.57. The monoisotopic (exact) mass is 465 g/mol. The molecule has 7 heteroatoms. The van der Waals surface area contributed by atoms with Crippen LogP contribution in [-0.2, 0) is 34.1 Å². The third-order valence-corrected chi connectivity index (χ3v) is 7.07. The topological polar surface area (TPSA) is 79.4 Å². The molecule has 174 valence electrons. The Morgan fingerprint density at radius 3 is 2.21 bits per heavy atom. The first kappa shape index (κ1) is 24.6. The summed E-state index contributed by atoms with van der Waals surface area (Å²) in [6, 6.07) is 20.3. The standard InChI is InChI=1S/C26H31N3O3S/c1-3-17-29(20-24-7-5-6-16-27-24)19-22-8-12-23(13-9-22)28-26(30)18-21-10-14-25(15-11-21)33(31,32)4-2/h5-16H,3-4,17-20H2,1-2H3,(H,28,30). The second kappa shape index (κ2) is 11.7. The minimum absolute atomic E-state index is 0.0577. The average Bonchev–Trinajstić information content (AvgIpc) is 2.81. The molecule has 1 aromatic heterocycles. The Hall–Kier alpha value is -3.03. The zero-order valence-corrected chi connectivity index (χ0v) is 20.0. The van der Waals surface area contributed by atoms with Crippen LogP contribution in [0.2, 0.25) is 0 Å². The van der Waals surface area contributed by atoms with Gasteiger partial charge in [0.25, 0.3) is 0 Å². The van der Waals surface area contributed by atoms with E-state index in [4.69, 9.17) is 0 Å². The Morgan fingerprint density at radius 1 is 0.909 bits per heavy atom. The van der Waals surface area contributed by atoms with Crippen molar-refractivity contribution in [3.8, 4) is 0 Å². The van der Waals surface area contributed by atoms with E-state index in [1.54, 1.807) is 31.2 Å². The number of carbonyl (C=O) groups is 1. The fourth-order valence-corrected chi connectivity index (χ4v) is 4.46. The van der Waals surface area contributed by atoms with Gasteiger partial charge in [0, 0.05) is 25.0 Å². The SMILES string of the molecule is CCCN(Cc1ccc(NC(=O)Cc2ccc(S(=O)(=O)CC)cc2)cc1)Cc1ccccn1. The molecule has 0 spiro atoms. The normalized spacial score (nSPS) is 11.5. The van der Waals surface area contributed by atoms with Crippen LogP contribution in [0.5, 0.6) is 0 Å². The highest BCUT2D eigenvalue weighted by Gasteiger charge is 2.12. The van der Waals surface area contributed by atoms with E-state index in [0.29, 0.717) is 0 Å². The first-order valence-electron chi connectivity index (χ1n) is 11.2. The summed E-state index contributed by atoms with van der Waals surface area (Å²) in [6.45, 7) is 6.37. The van der Waals surface area contributed by atoms with Crippen molar-refractivity contribution in [1.29, 1.82) is 0 Å². The molecule has 0 unspecified atom stereocenters. The van der Waals surface area contributed by atoms with Crippen molar-refractivity contribution in [3.63, 3.8) is 0 Å². The number of amides is 1. The number of benzene rings is 2. The Labute approximate surface area is 196 Å². The second-order valence-corrected chi connectivity index (χ2v) is 10.3. The molecule has 2 aromatic carbocycles. The van der Waals surface area contributed by atoms with Crippen molar-refractivity contribution in [2.24, 2.45) is 0 Å². The summed E-state index contributed by atoms with van der Waals surface area (Å²) in [5.74, 6) is -0.0843. The minimum Gasteiger partial charge on any atom is -0.326 e. The van der Waals surface area contributed by atoms with Crippen LogP contribution in [0.3, 0.4) is 0 Å². The number of hydrogen-bond acceptors (Lipinski definition) is 5. The molecule has 1 heterocycles. The van der Waals surface area contributed by atoms with Gasteiger partial charge in [0.1, 0.15) is 0 Å². The Bertz CT molecular complexity index is 1130. The molecule has 0 radical (unpaired) electrons. The number of anilines is 1. The smallest absolute Gasteiger partial charge is 0.228 e. The molecule has 0 atom stereocenters. The zero-order valence-electron chi connectivity index (χ0n) is 19.2. The molecule has 0 aliphatic carbocycles. The number of sulfone groups is 1. The summed E-state index contributed by atoms with van der Waals surface area (Å²) >= 11 is 0. The Balaban J connectivity index is 1.55. The molecule has 1 amide bonds. The van der Waals surface area contributed by atoms with Gasteiger partial charge in [-0.25, -0.2) is 8.42 Å². The number of hydrogen-bond donors (Lipinski definition) is 1. The minimum atomic E-state index is -3.23. The molecule has 3 rings (SSSR count). The first-order chi connectivity index (χ1) is 15.9. The molecule has 1 N–H and O–H groups in total. The van der Waals surface area contributed by atoms with Crippen LogP contribution in [0.4, 0.5) is 5.69 Å². The van der Waals surface area contributed by atoms with E-state index < -0.39 is 9.84 Å². The molecule has 0 aliphatic heterocycles. The van der Waals surface area contributed by atoms with Gasteiger partial charge in [-0.2, -0.15) is 0 Å². The Kier molecular flexibility index (Phi) is 8.74. The second-order valence-electron chi connectivity index (χ2n) is 8.00. The fraction of sp³-hybridized carbons (Fsp3) is 0.308. The van der Waals surface area contributed by atoms with Gasteiger partial charge < -0.3 is 5.32 Å². The van der Waals surface area contributed by atoms with Crippen molar-refractivity contribution < 1.29 is 13.2 Å². The molecule has 0 bridgehead atoms. The van der Waals surface area contributed by atoms with Crippen LogP contribution in [-0.4, -0.2) is 36.5 Å².